The number of fused-ring (bicyclic) bond motifs is 1. The summed E-state index contributed by atoms with van der Waals surface area (Å²) in [5, 5.41) is 2.48. The Morgan fingerprint density at radius 3 is 2.22 bits per heavy atom. The second-order valence-corrected chi connectivity index (χ2v) is 7.76. The van der Waals surface area contributed by atoms with E-state index in [4.69, 9.17) is 0 Å². The summed E-state index contributed by atoms with van der Waals surface area (Å²) in [6.45, 7) is 10.6. The monoisotopic (exact) mass is 308 g/mol. The van der Waals surface area contributed by atoms with Gasteiger partial charge in [0, 0.05) is 5.70 Å². The van der Waals surface area contributed by atoms with Crippen LogP contribution in [0.15, 0.2) is 42.1 Å². The number of benzene rings is 2. The lowest BCUT2D eigenvalue weighted by molar-refractivity contribution is -0.125. The summed E-state index contributed by atoms with van der Waals surface area (Å²) in [5.41, 5.74) is 8.64. The molecule has 2 aromatic carbocycles. The van der Waals surface area contributed by atoms with Crippen molar-refractivity contribution in [3.8, 4) is 0 Å². The molecule has 0 saturated carbocycles. The normalized spacial score (nSPS) is 19.0. The van der Waals surface area contributed by atoms with E-state index in [0.29, 0.717) is 0 Å². The molecule has 0 unspecified atom stereocenters. The molecule has 1 saturated heterocycles. The quantitative estimate of drug-likeness (QED) is 0.831. The van der Waals surface area contributed by atoms with Crippen molar-refractivity contribution < 1.29 is 4.79 Å². The minimum Gasteiger partial charge on any atom is -0.302 e. The molecule has 1 aliphatic heterocycles. The van der Waals surface area contributed by atoms with E-state index in [1.54, 1.807) is 0 Å². The Kier molecular flexibility index (Phi) is 3.47. The van der Waals surface area contributed by atoms with Crippen LogP contribution in [0.1, 0.15) is 45.7 Å². The van der Waals surface area contributed by atoms with Crippen LogP contribution in [0.4, 0.5) is 0 Å². The van der Waals surface area contributed by atoms with E-state index in [-0.39, 0.29) is 11.3 Å². The predicted octanol–water partition coefficient (Wildman–Crippen LogP) is 4.14. The highest BCUT2D eigenvalue weighted by Crippen LogP contribution is 2.34. The van der Waals surface area contributed by atoms with Gasteiger partial charge in [-0.25, -0.2) is 0 Å². The highest BCUT2D eigenvalue weighted by atomic mass is 16.2. The predicted molar refractivity (Wildman–Crippen MR) is 95.7 cm³/mol. The second kappa shape index (κ2) is 5.12. The Morgan fingerprint density at radius 1 is 0.957 bits per heavy atom. The Bertz CT molecular complexity index is 810. The zero-order valence-corrected chi connectivity index (χ0v) is 14.4. The first-order valence-corrected chi connectivity index (χ1v) is 8.02. The summed E-state index contributed by atoms with van der Waals surface area (Å²) in [6, 6.07) is 12.8. The standard InChI is InChI=1S/C20H24N2O/c1-19(2,3)16-11-7-9-14-13(8-6-10-15(14)16)12-17-20(4,5)18(23)22-21-17/h6-12,21H,1-5H3,(H,22,23)/b17-12-. The molecule has 2 N–H and O–H groups in total. The third kappa shape index (κ3) is 2.61. The van der Waals surface area contributed by atoms with Gasteiger partial charge in [-0.15, -0.1) is 0 Å². The molecular formula is C20H24N2O. The lowest BCUT2D eigenvalue weighted by atomic mass is 9.82. The maximum absolute atomic E-state index is 11.9. The van der Waals surface area contributed by atoms with Gasteiger partial charge in [0.2, 0.25) is 5.91 Å². The van der Waals surface area contributed by atoms with Crippen LogP contribution in [-0.2, 0) is 10.2 Å². The van der Waals surface area contributed by atoms with Crippen molar-refractivity contribution in [3.05, 3.63) is 53.2 Å². The van der Waals surface area contributed by atoms with Gasteiger partial charge in [0.1, 0.15) is 0 Å². The highest BCUT2D eigenvalue weighted by Gasteiger charge is 2.37. The summed E-state index contributed by atoms with van der Waals surface area (Å²) < 4.78 is 0. The average molecular weight is 308 g/mol. The number of nitrogens with one attached hydrogen (secondary N) is 2. The van der Waals surface area contributed by atoms with Crippen LogP contribution in [0.3, 0.4) is 0 Å². The van der Waals surface area contributed by atoms with Crippen LogP contribution in [0.2, 0.25) is 0 Å². The van der Waals surface area contributed by atoms with E-state index in [2.05, 4.69) is 74.1 Å². The van der Waals surface area contributed by atoms with Crippen molar-refractivity contribution >= 4 is 22.8 Å². The molecule has 1 heterocycles. The molecule has 3 rings (SSSR count). The van der Waals surface area contributed by atoms with E-state index in [1.165, 1.54) is 16.3 Å². The second-order valence-electron chi connectivity index (χ2n) is 7.76. The minimum atomic E-state index is -0.538. The molecule has 0 aromatic heterocycles. The van der Waals surface area contributed by atoms with Crippen molar-refractivity contribution in [2.75, 3.05) is 0 Å². The van der Waals surface area contributed by atoms with Crippen molar-refractivity contribution in [2.45, 2.75) is 40.0 Å². The largest absolute Gasteiger partial charge is 0.302 e. The fourth-order valence-electron chi connectivity index (χ4n) is 3.05. The van der Waals surface area contributed by atoms with Gasteiger partial charge >= 0.3 is 0 Å². The number of carbonyl (C=O) groups is 1. The molecule has 1 fully saturated rings. The molecule has 120 valence electrons. The van der Waals surface area contributed by atoms with Crippen molar-refractivity contribution in [3.63, 3.8) is 0 Å². The van der Waals surface area contributed by atoms with E-state index < -0.39 is 5.41 Å². The van der Waals surface area contributed by atoms with E-state index in [1.807, 2.05) is 13.8 Å². The fourth-order valence-corrected chi connectivity index (χ4v) is 3.05. The molecule has 0 radical (unpaired) electrons. The van der Waals surface area contributed by atoms with Gasteiger partial charge in [-0.2, -0.15) is 0 Å². The smallest absolute Gasteiger partial charge is 0.249 e. The van der Waals surface area contributed by atoms with Gasteiger partial charge in [-0.1, -0.05) is 57.2 Å². The molecule has 1 aliphatic rings. The maximum Gasteiger partial charge on any atom is 0.249 e. The Labute approximate surface area is 137 Å². The minimum absolute atomic E-state index is 0.000586. The van der Waals surface area contributed by atoms with E-state index in [9.17, 15) is 4.79 Å². The van der Waals surface area contributed by atoms with Crippen molar-refractivity contribution in [1.29, 1.82) is 0 Å². The number of hydrogen-bond donors (Lipinski definition) is 2. The van der Waals surface area contributed by atoms with Crippen LogP contribution in [0.25, 0.3) is 16.8 Å². The lowest BCUT2D eigenvalue weighted by Gasteiger charge is -2.22. The first-order chi connectivity index (χ1) is 10.7. The summed E-state index contributed by atoms with van der Waals surface area (Å²) >= 11 is 0. The van der Waals surface area contributed by atoms with Gasteiger partial charge in [0.05, 0.1) is 5.41 Å². The lowest BCUT2D eigenvalue weighted by Crippen LogP contribution is -2.28. The number of carbonyl (C=O) groups excluding carboxylic acids is 1. The molecule has 3 heteroatoms. The Balaban J connectivity index is 2.19. The average Bonchev–Trinajstić information content (AvgIpc) is 2.73. The number of hydrazine groups is 1. The number of hydrogen-bond acceptors (Lipinski definition) is 2. The highest BCUT2D eigenvalue weighted by molar-refractivity contribution is 5.95. The zero-order valence-electron chi connectivity index (χ0n) is 14.4. The molecule has 3 nitrogen and oxygen atoms in total. The van der Waals surface area contributed by atoms with Gasteiger partial charge in [-0.3, -0.25) is 10.2 Å². The SMILES string of the molecule is CC1(C)C(=O)NN/C1=C\c1cccc2c(C(C)(C)C)cccc12. The van der Waals surface area contributed by atoms with Gasteiger partial charge in [0.15, 0.2) is 0 Å². The first kappa shape index (κ1) is 15.6. The fraction of sp³-hybridized carbons (Fsp3) is 0.350. The molecule has 0 bridgehead atoms. The third-order valence-corrected chi connectivity index (χ3v) is 4.62. The zero-order chi connectivity index (χ0) is 16.8. The Hall–Kier alpha value is -2.29. The van der Waals surface area contributed by atoms with Crippen LogP contribution >= 0.6 is 0 Å². The van der Waals surface area contributed by atoms with Crippen LogP contribution in [0, 0.1) is 5.41 Å². The number of amides is 1. The van der Waals surface area contributed by atoms with Crippen LogP contribution in [-0.4, -0.2) is 5.91 Å². The molecule has 0 aliphatic carbocycles. The van der Waals surface area contributed by atoms with Gasteiger partial charge in [-0.05, 0) is 47.2 Å². The third-order valence-electron chi connectivity index (χ3n) is 4.62. The summed E-state index contributed by atoms with van der Waals surface area (Å²) in [4.78, 5) is 11.9. The molecular weight excluding hydrogens is 284 g/mol. The molecule has 0 atom stereocenters. The maximum atomic E-state index is 11.9. The molecule has 0 spiro atoms. The Morgan fingerprint density at radius 2 is 1.61 bits per heavy atom. The van der Waals surface area contributed by atoms with Crippen molar-refractivity contribution in [1.82, 2.24) is 10.9 Å². The molecule has 23 heavy (non-hydrogen) atoms. The molecule has 1 amide bonds. The van der Waals surface area contributed by atoms with E-state index >= 15 is 0 Å². The van der Waals surface area contributed by atoms with Gasteiger partial charge in [0.25, 0.3) is 0 Å². The topological polar surface area (TPSA) is 41.1 Å². The number of rotatable bonds is 1. The summed E-state index contributed by atoms with van der Waals surface area (Å²) in [7, 11) is 0. The summed E-state index contributed by atoms with van der Waals surface area (Å²) in [6.07, 6.45) is 2.08. The van der Waals surface area contributed by atoms with Crippen molar-refractivity contribution in [2.24, 2.45) is 5.41 Å². The van der Waals surface area contributed by atoms with Crippen LogP contribution < -0.4 is 10.9 Å². The molecule has 2 aromatic rings. The van der Waals surface area contributed by atoms with Gasteiger partial charge < -0.3 is 5.43 Å². The van der Waals surface area contributed by atoms with E-state index in [0.717, 1.165) is 11.3 Å². The summed E-state index contributed by atoms with van der Waals surface area (Å²) in [5.74, 6) is -0.000586. The van der Waals surface area contributed by atoms with Crippen LogP contribution in [0.5, 0.6) is 0 Å². The first-order valence-electron chi connectivity index (χ1n) is 8.02.